The molecule has 1 atom stereocenters. The molecule has 0 unspecified atom stereocenters. The zero-order valence-corrected chi connectivity index (χ0v) is 21.7. The van der Waals surface area contributed by atoms with Gasteiger partial charge < -0.3 is 4.98 Å². The molecule has 7 nitrogen and oxygen atoms in total. The third-order valence-electron chi connectivity index (χ3n) is 7.01. The molecule has 0 saturated heterocycles. The maximum absolute atomic E-state index is 13.1. The highest BCUT2D eigenvalue weighted by Crippen LogP contribution is 2.30. The van der Waals surface area contributed by atoms with Crippen molar-refractivity contribution in [1.82, 2.24) is 30.1 Å². The van der Waals surface area contributed by atoms with Gasteiger partial charge in [-0.3, -0.25) is 9.69 Å². The number of nitrogens with zero attached hydrogens (tertiary/aromatic N) is 5. The van der Waals surface area contributed by atoms with Crippen LogP contribution in [-0.2, 0) is 18.6 Å². The van der Waals surface area contributed by atoms with Crippen molar-refractivity contribution in [3.63, 3.8) is 0 Å². The van der Waals surface area contributed by atoms with Gasteiger partial charge in [-0.05, 0) is 80.1 Å². The summed E-state index contributed by atoms with van der Waals surface area (Å²) in [7, 11) is 0. The number of nitrogens with one attached hydrogen (secondary N) is 1. The van der Waals surface area contributed by atoms with Crippen molar-refractivity contribution >= 4 is 10.9 Å². The Morgan fingerprint density at radius 3 is 2.40 bits per heavy atom. The van der Waals surface area contributed by atoms with Gasteiger partial charge in [-0.2, -0.15) is 0 Å². The van der Waals surface area contributed by atoms with E-state index < -0.39 is 0 Å². The van der Waals surface area contributed by atoms with Gasteiger partial charge in [-0.1, -0.05) is 55.3 Å². The Balaban J connectivity index is 1.78. The van der Waals surface area contributed by atoms with Crippen molar-refractivity contribution in [1.29, 1.82) is 0 Å². The second-order valence-electron chi connectivity index (χ2n) is 10.1. The van der Waals surface area contributed by atoms with E-state index in [0.29, 0.717) is 13.1 Å². The summed E-state index contributed by atoms with van der Waals surface area (Å²) in [4.78, 5) is 18.5. The number of fused-ring (bicyclic) bond motifs is 1. The second-order valence-corrected chi connectivity index (χ2v) is 10.1. The largest absolute Gasteiger partial charge is 0.322 e. The first-order chi connectivity index (χ1) is 16.7. The number of hydrogen-bond acceptors (Lipinski definition) is 5. The van der Waals surface area contributed by atoms with Gasteiger partial charge in [0.1, 0.15) is 0 Å². The normalized spacial score (nSPS) is 13.0. The number of H-pyrrole nitrogens is 1. The average Bonchev–Trinajstić information content (AvgIpc) is 3.32. The van der Waals surface area contributed by atoms with Crippen LogP contribution in [0.25, 0.3) is 10.9 Å². The lowest BCUT2D eigenvalue weighted by atomic mass is 10.0. The lowest BCUT2D eigenvalue weighted by molar-refractivity contribution is 0.150. The molecule has 4 aromatic rings. The van der Waals surface area contributed by atoms with Crippen molar-refractivity contribution in [2.75, 3.05) is 0 Å². The van der Waals surface area contributed by atoms with Crippen LogP contribution in [0.4, 0.5) is 0 Å². The predicted molar refractivity (Wildman–Crippen MR) is 140 cm³/mol. The highest BCUT2D eigenvalue weighted by molar-refractivity contribution is 5.79. The van der Waals surface area contributed by atoms with Gasteiger partial charge in [0.05, 0.1) is 11.6 Å². The van der Waals surface area contributed by atoms with Crippen LogP contribution in [-0.4, -0.2) is 30.1 Å². The molecule has 0 saturated carbocycles. The molecule has 2 aromatic carbocycles. The SMILES string of the molecule is CC[C@H](c1nnnn1C(C)(C)CC)N(Cc1ccc(C)cc1)Cc1cc2cc(C)ccc2[nH]c1=O. The molecular formula is C28H36N6O. The first-order valence-electron chi connectivity index (χ1n) is 12.4. The number of benzene rings is 2. The number of tetrazole rings is 1. The van der Waals surface area contributed by atoms with Crippen molar-refractivity contribution in [2.24, 2.45) is 0 Å². The molecule has 0 amide bonds. The maximum atomic E-state index is 13.1. The summed E-state index contributed by atoms with van der Waals surface area (Å²) in [6, 6.07) is 16.6. The lowest BCUT2D eigenvalue weighted by Gasteiger charge is -2.33. The van der Waals surface area contributed by atoms with E-state index in [1.807, 2.05) is 22.9 Å². The average molecular weight is 473 g/mol. The van der Waals surface area contributed by atoms with Crippen molar-refractivity contribution in [3.8, 4) is 0 Å². The zero-order chi connectivity index (χ0) is 25.2. The van der Waals surface area contributed by atoms with Crippen LogP contribution in [0.5, 0.6) is 0 Å². The standard InChI is InChI=1S/C28H36N6O/c1-7-25(26-30-31-32-34(26)28(5,6)8-2)33(17-21-12-9-19(3)10-13-21)18-23-16-22-15-20(4)11-14-24(22)29-27(23)35/h9-16,25H,7-8,17-18H2,1-6H3,(H,29,35)/t25-/m1/s1. The van der Waals surface area contributed by atoms with E-state index in [2.05, 4.69) is 97.3 Å². The Morgan fingerprint density at radius 1 is 1.00 bits per heavy atom. The number of aromatic nitrogens is 5. The molecule has 35 heavy (non-hydrogen) atoms. The van der Waals surface area contributed by atoms with E-state index in [4.69, 9.17) is 0 Å². The Morgan fingerprint density at radius 2 is 1.71 bits per heavy atom. The van der Waals surface area contributed by atoms with Crippen LogP contribution in [0.2, 0.25) is 0 Å². The summed E-state index contributed by atoms with van der Waals surface area (Å²) in [5.74, 6) is 0.833. The first-order valence-corrected chi connectivity index (χ1v) is 12.4. The molecule has 2 aromatic heterocycles. The third kappa shape index (κ3) is 5.35. The Bertz CT molecular complexity index is 1350. The minimum Gasteiger partial charge on any atom is -0.322 e. The second kappa shape index (κ2) is 10.1. The number of rotatable bonds is 9. The number of aryl methyl sites for hydroxylation is 2. The quantitative estimate of drug-likeness (QED) is 0.351. The topological polar surface area (TPSA) is 79.7 Å². The van der Waals surface area contributed by atoms with E-state index in [0.717, 1.165) is 35.1 Å². The highest BCUT2D eigenvalue weighted by atomic mass is 16.1. The van der Waals surface area contributed by atoms with Crippen molar-refractivity contribution < 1.29 is 0 Å². The monoisotopic (exact) mass is 472 g/mol. The predicted octanol–water partition coefficient (Wildman–Crippen LogP) is 5.43. The molecule has 184 valence electrons. The molecule has 0 fully saturated rings. The van der Waals surface area contributed by atoms with Crippen LogP contribution in [0.1, 0.15) is 74.7 Å². The van der Waals surface area contributed by atoms with E-state index in [-0.39, 0.29) is 17.1 Å². The lowest BCUT2D eigenvalue weighted by Crippen LogP contribution is -2.36. The number of aromatic amines is 1. The Labute approximate surface area is 207 Å². The summed E-state index contributed by atoms with van der Waals surface area (Å²) in [5, 5.41) is 13.9. The molecular weight excluding hydrogens is 436 g/mol. The molecule has 4 rings (SSSR count). The van der Waals surface area contributed by atoms with Gasteiger partial charge >= 0.3 is 0 Å². The molecule has 0 bridgehead atoms. The summed E-state index contributed by atoms with van der Waals surface area (Å²) in [5.41, 5.74) is 4.91. The maximum Gasteiger partial charge on any atom is 0.252 e. The highest BCUT2D eigenvalue weighted by Gasteiger charge is 2.31. The Kier molecular flexibility index (Phi) is 7.17. The van der Waals surface area contributed by atoms with Gasteiger partial charge in [0.25, 0.3) is 5.56 Å². The fourth-order valence-corrected chi connectivity index (χ4v) is 4.50. The van der Waals surface area contributed by atoms with Gasteiger partial charge in [0.15, 0.2) is 5.82 Å². The van der Waals surface area contributed by atoms with E-state index in [9.17, 15) is 4.79 Å². The van der Waals surface area contributed by atoms with Crippen molar-refractivity contribution in [2.45, 2.75) is 79.1 Å². The fraction of sp³-hybridized carbons (Fsp3) is 0.429. The molecule has 0 radical (unpaired) electrons. The number of hydrogen-bond donors (Lipinski definition) is 1. The van der Waals surface area contributed by atoms with E-state index in [1.165, 1.54) is 16.7 Å². The van der Waals surface area contributed by atoms with Crippen molar-refractivity contribution in [3.05, 3.63) is 87.0 Å². The van der Waals surface area contributed by atoms with E-state index >= 15 is 0 Å². The molecule has 0 aliphatic carbocycles. The smallest absolute Gasteiger partial charge is 0.252 e. The van der Waals surface area contributed by atoms with Crippen LogP contribution in [0.3, 0.4) is 0 Å². The first kappa shape index (κ1) is 24.8. The van der Waals surface area contributed by atoms with Crippen LogP contribution in [0, 0.1) is 13.8 Å². The van der Waals surface area contributed by atoms with E-state index in [1.54, 1.807) is 0 Å². The molecule has 0 aliphatic rings. The minimum atomic E-state index is -0.209. The van der Waals surface area contributed by atoms with Gasteiger partial charge in [-0.25, -0.2) is 4.68 Å². The van der Waals surface area contributed by atoms with Gasteiger partial charge in [-0.15, -0.1) is 5.10 Å². The molecule has 0 aliphatic heterocycles. The van der Waals surface area contributed by atoms with Gasteiger partial charge in [0.2, 0.25) is 0 Å². The van der Waals surface area contributed by atoms with Crippen LogP contribution < -0.4 is 5.56 Å². The third-order valence-corrected chi connectivity index (χ3v) is 7.01. The fourth-order valence-electron chi connectivity index (χ4n) is 4.50. The molecule has 7 heteroatoms. The summed E-state index contributed by atoms with van der Waals surface area (Å²) in [6.45, 7) is 13.9. The summed E-state index contributed by atoms with van der Waals surface area (Å²) < 4.78 is 1.96. The van der Waals surface area contributed by atoms with Gasteiger partial charge in [0, 0.05) is 24.2 Å². The molecule has 2 heterocycles. The summed E-state index contributed by atoms with van der Waals surface area (Å²) >= 11 is 0. The van der Waals surface area contributed by atoms with Crippen LogP contribution in [0.15, 0.2) is 53.3 Å². The molecule has 1 N–H and O–H groups in total. The molecule has 0 spiro atoms. The minimum absolute atomic E-state index is 0.0512. The Hall–Kier alpha value is -3.32. The van der Waals surface area contributed by atoms with Crippen LogP contribution >= 0.6 is 0 Å². The summed E-state index contributed by atoms with van der Waals surface area (Å²) in [6.07, 6.45) is 1.72. The number of pyridine rings is 1. The zero-order valence-electron chi connectivity index (χ0n) is 21.7.